The van der Waals surface area contributed by atoms with Crippen LogP contribution >= 0.6 is 23.1 Å². The molecule has 0 radical (unpaired) electrons. The Hall–Kier alpha value is -1.99. The van der Waals surface area contributed by atoms with E-state index in [2.05, 4.69) is 14.9 Å². The fourth-order valence-corrected chi connectivity index (χ4v) is 4.14. The molecule has 144 valence electrons. The Morgan fingerprint density at radius 2 is 2.19 bits per heavy atom. The molecular formula is C19H23ClN4O2S. The molecule has 1 atom stereocenters. The highest BCUT2D eigenvalue weighted by Crippen LogP contribution is 2.24. The van der Waals surface area contributed by atoms with E-state index in [0.717, 1.165) is 42.9 Å². The Balaban J connectivity index is 1.45. The molecule has 27 heavy (non-hydrogen) atoms. The first-order valence-electron chi connectivity index (χ1n) is 9.13. The minimum absolute atomic E-state index is 0.00960. The number of nitrogens with zero attached hydrogens (tertiary/aromatic N) is 3. The van der Waals surface area contributed by atoms with Crippen molar-refractivity contribution in [2.24, 2.45) is 5.92 Å². The third-order valence-electron chi connectivity index (χ3n) is 4.87. The zero-order chi connectivity index (χ0) is 19.2. The van der Waals surface area contributed by atoms with Crippen LogP contribution in [0.5, 0.6) is 0 Å². The van der Waals surface area contributed by atoms with Crippen molar-refractivity contribution in [3.63, 3.8) is 0 Å². The third kappa shape index (κ3) is 5.26. The summed E-state index contributed by atoms with van der Waals surface area (Å²) in [6.07, 6.45) is 3.24. The van der Waals surface area contributed by atoms with Crippen molar-refractivity contribution in [2.75, 3.05) is 13.1 Å². The van der Waals surface area contributed by atoms with Crippen molar-refractivity contribution in [1.82, 2.24) is 19.8 Å². The largest absolute Gasteiger partial charge is 0.352 e. The summed E-state index contributed by atoms with van der Waals surface area (Å²) in [5.74, 6) is 0.367. The number of likely N-dealkylation sites (tertiary alicyclic amines) is 1. The van der Waals surface area contributed by atoms with Gasteiger partial charge in [0.2, 0.25) is 5.91 Å². The summed E-state index contributed by atoms with van der Waals surface area (Å²) < 4.78 is 3.85. The van der Waals surface area contributed by atoms with E-state index in [-0.39, 0.29) is 11.8 Å². The van der Waals surface area contributed by atoms with Gasteiger partial charge < -0.3 is 10.2 Å². The lowest BCUT2D eigenvalue weighted by Crippen LogP contribution is -2.40. The Labute approximate surface area is 168 Å². The molecule has 6 nitrogen and oxygen atoms in total. The van der Waals surface area contributed by atoms with Gasteiger partial charge in [-0.1, -0.05) is 34.3 Å². The van der Waals surface area contributed by atoms with Crippen LogP contribution in [-0.2, 0) is 11.3 Å². The van der Waals surface area contributed by atoms with Crippen LogP contribution in [-0.4, -0.2) is 39.4 Å². The fraction of sp³-hybridized carbons (Fsp3) is 0.474. The minimum Gasteiger partial charge on any atom is -0.352 e. The van der Waals surface area contributed by atoms with E-state index >= 15 is 0 Å². The van der Waals surface area contributed by atoms with E-state index in [1.165, 1.54) is 0 Å². The van der Waals surface area contributed by atoms with Crippen LogP contribution in [0.3, 0.4) is 0 Å². The smallest absolute Gasteiger partial charge is 0.267 e. The molecule has 0 spiro atoms. The number of amides is 2. The van der Waals surface area contributed by atoms with E-state index in [0.29, 0.717) is 41.0 Å². The lowest BCUT2D eigenvalue weighted by molar-refractivity contribution is -0.121. The maximum absolute atomic E-state index is 12.6. The number of carbonyl (C=O) groups excluding carboxylic acids is 2. The first-order valence-corrected chi connectivity index (χ1v) is 10.3. The summed E-state index contributed by atoms with van der Waals surface area (Å²) in [5, 5.41) is 7.51. The second kappa shape index (κ2) is 9.28. The molecule has 0 saturated carbocycles. The van der Waals surface area contributed by atoms with E-state index in [1.807, 2.05) is 36.1 Å². The second-order valence-electron chi connectivity index (χ2n) is 6.85. The van der Waals surface area contributed by atoms with Crippen LogP contribution in [0.25, 0.3) is 0 Å². The fourth-order valence-electron chi connectivity index (χ4n) is 3.32. The molecular weight excluding hydrogens is 384 g/mol. The van der Waals surface area contributed by atoms with Gasteiger partial charge in [-0.2, -0.15) is 0 Å². The quantitative estimate of drug-likeness (QED) is 0.797. The van der Waals surface area contributed by atoms with Crippen LogP contribution in [0.15, 0.2) is 24.3 Å². The zero-order valence-corrected chi connectivity index (χ0v) is 16.9. The van der Waals surface area contributed by atoms with E-state index < -0.39 is 0 Å². The Bertz CT molecular complexity index is 811. The molecule has 2 heterocycles. The number of piperidine rings is 1. The Morgan fingerprint density at radius 3 is 2.93 bits per heavy atom. The molecule has 1 saturated heterocycles. The van der Waals surface area contributed by atoms with Gasteiger partial charge in [-0.15, -0.1) is 5.10 Å². The van der Waals surface area contributed by atoms with Gasteiger partial charge in [-0.25, -0.2) is 0 Å². The standard InChI is InChI=1S/C19H23ClN4O2S/c1-13-18(27-23-22-13)19(26)24-10-4-5-14(12-24)8-9-17(25)21-11-15-6-2-3-7-16(15)20/h2-3,6-7,14H,4-5,8-12H2,1H3,(H,21,25)/t14-/m0/s1. The summed E-state index contributed by atoms with van der Waals surface area (Å²) in [4.78, 5) is 27.3. The number of carbonyl (C=O) groups is 2. The number of rotatable bonds is 6. The zero-order valence-electron chi connectivity index (χ0n) is 15.3. The average Bonchev–Trinajstić information content (AvgIpc) is 3.11. The van der Waals surface area contributed by atoms with E-state index in [1.54, 1.807) is 0 Å². The predicted octanol–water partition coefficient (Wildman–Crippen LogP) is 3.45. The monoisotopic (exact) mass is 406 g/mol. The number of aromatic nitrogens is 2. The van der Waals surface area contributed by atoms with Crippen LogP contribution in [0.1, 0.15) is 46.6 Å². The first kappa shape index (κ1) is 19.8. The molecule has 2 aromatic rings. The highest BCUT2D eigenvalue weighted by molar-refractivity contribution is 7.07. The molecule has 8 heteroatoms. The second-order valence-corrected chi connectivity index (χ2v) is 8.02. The van der Waals surface area contributed by atoms with Crippen LogP contribution < -0.4 is 5.32 Å². The van der Waals surface area contributed by atoms with Crippen LogP contribution in [0.2, 0.25) is 5.02 Å². The van der Waals surface area contributed by atoms with Gasteiger partial charge in [0.25, 0.3) is 5.91 Å². The summed E-state index contributed by atoms with van der Waals surface area (Å²) in [6.45, 7) is 3.69. The van der Waals surface area contributed by atoms with Gasteiger partial charge >= 0.3 is 0 Å². The van der Waals surface area contributed by atoms with E-state index in [4.69, 9.17) is 11.6 Å². The number of hydrogen-bond acceptors (Lipinski definition) is 5. The molecule has 1 aliphatic heterocycles. The summed E-state index contributed by atoms with van der Waals surface area (Å²) in [7, 11) is 0. The van der Waals surface area contributed by atoms with Crippen molar-refractivity contribution in [3.05, 3.63) is 45.4 Å². The van der Waals surface area contributed by atoms with Gasteiger partial charge in [0, 0.05) is 31.1 Å². The van der Waals surface area contributed by atoms with E-state index in [9.17, 15) is 9.59 Å². The topological polar surface area (TPSA) is 75.2 Å². The SMILES string of the molecule is Cc1nnsc1C(=O)N1CCC[C@@H](CCC(=O)NCc2ccccc2Cl)C1. The summed E-state index contributed by atoms with van der Waals surface area (Å²) in [6, 6.07) is 7.50. The van der Waals surface area contributed by atoms with Gasteiger partial charge in [0.15, 0.2) is 0 Å². The van der Waals surface area contributed by atoms with Crippen LogP contribution in [0.4, 0.5) is 0 Å². The van der Waals surface area contributed by atoms with Crippen molar-refractivity contribution >= 4 is 34.9 Å². The number of halogens is 1. The molecule has 1 aromatic carbocycles. The maximum Gasteiger partial charge on any atom is 0.267 e. The molecule has 1 aromatic heterocycles. The maximum atomic E-state index is 12.6. The molecule has 1 N–H and O–H groups in total. The van der Waals surface area contributed by atoms with Crippen LogP contribution in [0, 0.1) is 12.8 Å². The molecule has 0 bridgehead atoms. The van der Waals surface area contributed by atoms with Gasteiger partial charge in [0.1, 0.15) is 4.88 Å². The van der Waals surface area contributed by atoms with Crippen molar-refractivity contribution in [2.45, 2.75) is 39.2 Å². The minimum atomic E-state index is 0.00960. The predicted molar refractivity (Wildman–Crippen MR) is 106 cm³/mol. The number of aryl methyl sites for hydroxylation is 1. The highest BCUT2D eigenvalue weighted by Gasteiger charge is 2.27. The lowest BCUT2D eigenvalue weighted by Gasteiger charge is -2.32. The summed E-state index contributed by atoms with van der Waals surface area (Å²) in [5.41, 5.74) is 1.60. The van der Waals surface area contributed by atoms with Crippen molar-refractivity contribution in [1.29, 1.82) is 0 Å². The molecule has 1 aliphatic rings. The highest BCUT2D eigenvalue weighted by atomic mass is 35.5. The molecule has 0 aliphatic carbocycles. The normalized spacial score (nSPS) is 17.0. The number of benzene rings is 1. The first-order chi connectivity index (χ1) is 13.0. The molecule has 1 fully saturated rings. The average molecular weight is 407 g/mol. The van der Waals surface area contributed by atoms with Gasteiger partial charge in [-0.05, 0) is 55.3 Å². The molecule has 3 rings (SSSR count). The van der Waals surface area contributed by atoms with Crippen molar-refractivity contribution in [3.8, 4) is 0 Å². The Kier molecular flexibility index (Phi) is 6.79. The number of hydrogen-bond donors (Lipinski definition) is 1. The lowest BCUT2D eigenvalue weighted by atomic mass is 9.93. The molecule has 2 amide bonds. The Morgan fingerprint density at radius 1 is 1.37 bits per heavy atom. The number of nitrogens with one attached hydrogen (secondary N) is 1. The summed E-state index contributed by atoms with van der Waals surface area (Å²) >= 11 is 7.26. The third-order valence-corrected chi connectivity index (χ3v) is 6.05. The van der Waals surface area contributed by atoms with Gasteiger partial charge in [0.05, 0.1) is 5.69 Å². The van der Waals surface area contributed by atoms with Crippen molar-refractivity contribution < 1.29 is 9.59 Å². The molecule has 0 unspecified atom stereocenters. The van der Waals surface area contributed by atoms with Gasteiger partial charge in [-0.3, -0.25) is 9.59 Å².